The second-order valence-corrected chi connectivity index (χ2v) is 5.92. The minimum atomic E-state index is 0.0713. The van der Waals surface area contributed by atoms with Crippen LogP contribution in [0.25, 0.3) is 11.5 Å². The first kappa shape index (κ1) is 14.8. The lowest BCUT2D eigenvalue weighted by Gasteiger charge is -2.10. The lowest BCUT2D eigenvalue weighted by atomic mass is 10.1. The third kappa shape index (κ3) is 3.72. The first-order valence-electron chi connectivity index (χ1n) is 7.89. The van der Waals surface area contributed by atoms with Crippen molar-refractivity contribution < 1.29 is 9.21 Å². The highest BCUT2D eigenvalue weighted by Gasteiger charge is 2.17. The summed E-state index contributed by atoms with van der Waals surface area (Å²) in [5.41, 5.74) is 2.09. The number of benzene rings is 1. The van der Waals surface area contributed by atoms with Crippen molar-refractivity contribution in [3.05, 3.63) is 35.7 Å². The van der Waals surface area contributed by atoms with E-state index >= 15 is 0 Å². The number of amides is 1. The Hall–Kier alpha value is -2.17. The molecule has 3 rings (SSSR count). The Morgan fingerprint density at radius 2 is 1.95 bits per heavy atom. The van der Waals surface area contributed by atoms with Crippen LogP contribution in [0.15, 0.2) is 28.7 Å². The van der Waals surface area contributed by atoms with Gasteiger partial charge in [0.1, 0.15) is 0 Å². The van der Waals surface area contributed by atoms with Crippen LogP contribution in [0, 0.1) is 6.92 Å². The predicted molar refractivity (Wildman–Crippen MR) is 83.2 cm³/mol. The average Bonchev–Trinajstić information content (AvgIpc) is 3.17. The molecule has 1 aromatic carbocycles. The van der Waals surface area contributed by atoms with Crippen molar-refractivity contribution in [2.24, 2.45) is 0 Å². The lowest BCUT2D eigenvalue weighted by Crippen LogP contribution is -2.32. The predicted octanol–water partition coefficient (Wildman–Crippen LogP) is 3.04. The first-order valence-corrected chi connectivity index (χ1v) is 7.89. The molecule has 1 amide bonds. The number of nitrogens with zero attached hydrogens (tertiary/aromatic N) is 2. The molecule has 5 nitrogen and oxygen atoms in total. The summed E-state index contributed by atoms with van der Waals surface area (Å²) in [6, 6.07) is 8.29. The van der Waals surface area contributed by atoms with E-state index in [-0.39, 0.29) is 5.91 Å². The third-order valence-corrected chi connectivity index (χ3v) is 4.05. The number of aromatic nitrogens is 2. The molecule has 0 unspecified atom stereocenters. The number of rotatable bonds is 5. The van der Waals surface area contributed by atoms with Crippen LogP contribution in [0.3, 0.4) is 0 Å². The molecule has 22 heavy (non-hydrogen) atoms. The van der Waals surface area contributed by atoms with E-state index in [9.17, 15) is 4.79 Å². The zero-order chi connectivity index (χ0) is 15.4. The Labute approximate surface area is 130 Å². The molecule has 0 saturated heterocycles. The molecule has 1 heterocycles. The highest BCUT2D eigenvalue weighted by atomic mass is 16.4. The fourth-order valence-electron chi connectivity index (χ4n) is 2.76. The quantitative estimate of drug-likeness (QED) is 0.921. The number of carbonyl (C=O) groups is 1. The molecule has 0 radical (unpaired) electrons. The lowest BCUT2D eigenvalue weighted by molar-refractivity contribution is -0.121. The maximum Gasteiger partial charge on any atom is 0.247 e. The Balaban J connectivity index is 1.53. The van der Waals surface area contributed by atoms with E-state index in [2.05, 4.69) is 15.5 Å². The summed E-state index contributed by atoms with van der Waals surface area (Å²) >= 11 is 0. The summed E-state index contributed by atoms with van der Waals surface area (Å²) in [5, 5.41) is 11.1. The van der Waals surface area contributed by atoms with E-state index in [1.165, 1.54) is 18.4 Å². The molecule has 0 spiro atoms. The van der Waals surface area contributed by atoms with Gasteiger partial charge < -0.3 is 9.73 Å². The van der Waals surface area contributed by atoms with Crippen LogP contribution in [0.5, 0.6) is 0 Å². The molecule has 1 N–H and O–H groups in total. The Morgan fingerprint density at radius 3 is 2.68 bits per heavy atom. The molecular formula is C17H21N3O2. The van der Waals surface area contributed by atoms with Crippen LogP contribution in [0.4, 0.5) is 0 Å². The molecule has 0 bridgehead atoms. The maximum atomic E-state index is 11.9. The van der Waals surface area contributed by atoms with Crippen LogP contribution in [-0.4, -0.2) is 22.1 Å². The molecule has 2 aromatic rings. The van der Waals surface area contributed by atoms with Gasteiger partial charge in [-0.3, -0.25) is 4.79 Å². The summed E-state index contributed by atoms with van der Waals surface area (Å²) in [6.07, 6.45) is 5.51. The number of nitrogens with one attached hydrogen (secondary N) is 1. The van der Waals surface area contributed by atoms with E-state index in [1.54, 1.807) is 0 Å². The van der Waals surface area contributed by atoms with Gasteiger partial charge in [-0.05, 0) is 31.9 Å². The standard InChI is InChI=1S/C17H21N3O2/c1-12-6-8-13(9-7-12)17-20-19-16(22-17)11-10-15(21)18-14-4-2-3-5-14/h6-9,14H,2-5,10-11H2,1H3,(H,18,21). The van der Waals surface area contributed by atoms with Gasteiger partial charge in [-0.25, -0.2) is 0 Å². The monoisotopic (exact) mass is 299 g/mol. The van der Waals surface area contributed by atoms with E-state index in [0.717, 1.165) is 18.4 Å². The van der Waals surface area contributed by atoms with E-state index in [1.807, 2.05) is 31.2 Å². The summed E-state index contributed by atoms with van der Waals surface area (Å²) < 4.78 is 5.63. The van der Waals surface area contributed by atoms with Crippen molar-refractivity contribution in [3.8, 4) is 11.5 Å². The SMILES string of the molecule is Cc1ccc(-c2nnc(CCC(=O)NC3CCCC3)o2)cc1. The normalized spacial score (nSPS) is 15.1. The van der Waals surface area contributed by atoms with Gasteiger partial charge in [-0.15, -0.1) is 10.2 Å². The minimum Gasteiger partial charge on any atom is -0.421 e. The molecule has 1 saturated carbocycles. The highest BCUT2D eigenvalue weighted by Crippen LogP contribution is 2.19. The fraction of sp³-hybridized carbons (Fsp3) is 0.471. The van der Waals surface area contributed by atoms with Gasteiger partial charge in [0.2, 0.25) is 17.7 Å². The van der Waals surface area contributed by atoms with Gasteiger partial charge in [0.05, 0.1) is 0 Å². The molecule has 0 aliphatic heterocycles. The van der Waals surface area contributed by atoms with Crippen LogP contribution in [0.2, 0.25) is 0 Å². The van der Waals surface area contributed by atoms with E-state index in [4.69, 9.17) is 4.42 Å². The third-order valence-electron chi connectivity index (χ3n) is 4.05. The molecule has 5 heteroatoms. The molecule has 0 atom stereocenters. The summed E-state index contributed by atoms with van der Waals surface area (Å²) in [5.74, 6) is 1.09. The molecule has 1 aliphatic carbocycles. The molecule has 1 aromatic heterocycles. The van der Waals surface area contributed by atoms with Gasteiger partial charge in [0.25, 0.3) is 0 Å². The molecule has 1 aliphatic rings. The van der Waals surface area contributed by atoms with Gasteiger partial charge in [0.15, 0.2) is 0 Å². The van der Waals surface area contributed by atoms with Crippen molar-refractivity contribution >= 4 is 5.91 Å². The minimum absolute atomic E-state index is 0.0713. The highest BCUT2D eigenvalue weighted by molar-refractivity contribution is 5.76. The Kier molecular flexibility index (Phi) is 4.51. The van der Waals surface area contributed by atoms with E-state index < -0.39 is 0 Å². The number of aryl methyl sites for hydroxylation is 2. The zero-order valence-electron chi connectivity index (χ0n) is 12.8. The van der Waals surface area contributed by atoms with Gasteiger partial charge in [-0.2, -0.15) is 0 Å². The number of hydrogen-bond donors (Lipinski definition) is 1. The number of carbonyl (C=O) groups excluding carboxylic acids is 1. The second-order valence-electron chi connectivity index (χ2n) is 5.92. The second kappa shape index (κ2) is 6.73. The van der Waals surface area contributed by atoms with Crippen molar-refractivity contribution in [2.45, 2.75) is 51.5 Å². The summed E-state index contributed by atoms with van der Waals surface area (Å²) in [6.45, 7) is 2.03. The smallest absolute Gasteiger partial charge is 0.247 e. The summed E-state index contributed by atoms with van der Waals surface area (Å²) in [7, 11) is 0. The largest absolute Gasteiger partial charge is 0.421 e. The first-order chi connectivity index (χ1) is 10.7. The Bertz CT molecular complexity index is 628. The van der Waals surface area contributed by atoms with Gasteiger partial charge >= 0.3 is 0 Å². The van der Waals surface area contributed by atoms with Crippen LogP contribution >= 0.6 is 0 Å². The van der Waals surface area contributed by atoms with E-state index in [0.29, 0.717) is 30.7 Å². The molecular weight excluding hydrogens is 278 g/mol. The van der Waals surface area contributed by atoms with Gasteiger partial charge in [-0.1, -0.05) is 30.5 Å². The zero-order valence-corrected chi connectivity index (χ0v) is 12.8. The maximum absolute atomic E-state index is 11.9. The Morgan fingerprint density at radius 1 is 1.23 bits per heavy atom. The van der Waals surface area contributed by atoms with Crippen LogP contribution < -0.4 is 5.32 Å². The summed E-state index contributed by atoms with van der Waals surface area (Å²) in [4.78, 5) is 11.9. The fourth-order valence-corrected chi connectivity index (χ4v) is 2.76. The number of hydrogen-bond acceptors (Lipinski definition) is 4. The van der Waals surface area contributed by atoms with Crippen molar-refractivity contribution in [2.75, 3.05) is 0 Å². The van der Waals surface area contributed by atoms with Crippen molar-refractivity contribution in [1.29, 1.82) is 0 Å². The average molecular weight is 299 g/mol. The van der Waals surface area contributed by atoms with Gasteiger partial charge in [0, 0.05) is 24.4 Å². The van der Waals surface area contributed by atoms with Crippen molar-refractivity contribution in [1.82, 2.24) is 15.5 Å². The topological polar surface area (TPSA) is 68.0 Å². The van der Waals surface area contributed by atoms with Crippen LogP contribution in [-0.2, 0) is 11.2 Å². The molecule has 1 fully saturated rings. The molecule has 116 valence electrons. The van der Waals surface area contributed by atoms with Crippen LogP contribution in [0.1, 0.15) is 43.6 Å². The van der Waals surface area contributed by atoms with Crippen molar-refractivity contribution in [3.63, 3.8) is 0 Å².